The maximum Gasteiger partial charge on any atom is 0.119 e. The second-order valence-corrected chi connectivity index (χ2v) is 5.80. The number of hydrogen-bond donors (Lipinski definition) is 1. The quantitative estimate of drug-likeness (QED) is 0.819. The van der Waals surface area contributed by atoms with E-state index in [0.717, 1.165) is 37.7 Å². The average molecular weight is 364 g/mol. The van der Waals surface area contributed by atoms with Gasteiger partial charge in [-0.15, -0.1) is 12.4 Å². The van der Waals surface area contributed by atoms with Crippen molar-refractivity contribution in [3.8, 4) is 11.5 Å². The molecule has 0 amide bonds. The summed E-state index contributed by atoms with van der Waals surface area (Å²) in [5, 5.41) is 3.47. The van der Waals surface area contributed by atoms with Gasteiger partial charge in [-0.1, -0.05) is 6.07 Å². The largest absolute Gasteiger partial charge is 0.494 e. The van der Waals surface area contributed by atoms with E-state index in [1.807, 2.05) is 49.6 Å². The highest BCUT2D eigenvalue weighted by molar-refractivity contribution is 5.85. The smallest absolute Gasteiger partial charge is 0.119 e. The molecule has 1 aliphatic rings. The fourth-order valence-corrected chi connectivity index (χ4v) is 3.00. The Morgan fingerprint density at radius 2 is 1.92 bits per heavy atom. The molecule has 25 heavy (non-hydrogen) atoms. The molecular formula is C19H26ClN3O2. The van der Waals surface area contributed by atoms with Crippen LogP contribution in [0.3, 0.4) is 0 Å². The van der Waals surface area contributed by atoms with Gasteiger partial charge >= 0.3 is 0 Å². The van der Waals surface area contributed by atoms with E-state index in [2.05, 4.69) is 21.3 Å². The Morgan fingerprint density at radius 1 is 1.16 bits per heavy atom. The van der Waals surface area contributed by atoms with E-state index < -0.39 is 0 Å². The number of nitrogens with one attached hydrogen (secondary N) is 1. The first kappa shape index (κ1) is 19.5. The SMILES string of the molecule is CCOc1ccc(OCCN2CCNCC2c2cccnc2)cc1.Cl. The molecule has 1 aliphatic heterocycles. The summed E-state index contributed by atoms with van der Waals surface area (Å²) < 4.78 is 11.3. The summed E-state index contributed by atoms with van der Waals surface area (Å²) in [6, 6.07) is 12.3. The molecule has 0 radical (unpaired) electrons. The summed E-state index contributed by atoms with van der Waals surface area (Å²) in [4.78, 5) is 6.71. The van der Waals surface area contributed by atoms with E-state index in [1.54, 1.807) is 0 Å². The zero-order valence-electron chi connectivity index (χ0n) is 14.6. The van der Waals surface area contributed by atoms with Crippen molar-refractivity contribution in [1.82, 2.24) is 15.2 Å². The van der Waals surface area contributed by atoms with Crippen LogP contribution in [0.25, 0.3) is 0 Å². The highest BCUT2D eigenvalue weighted by Crippen LogP contribution is 2.21. The van der Waals surface area contributed by atoms with Crippen molar-refractivity contribution >= 4 is 12.4 Å². The van der Waals surface area contributed by atoms with Crippen molar-refractivity contribution < 1.29 is 9.47 Å². The first-order chi connectivity index (χ1) is 11.9. The van der Waals surface area contributed by atoms with Crippen LogP contribution < -0.4 is 14.8 Å². The molecule has 1 aromatic carbocycles. The number of rotatable bonds is 7. The van der Waals surface area contributed by atoms with Gasteiger partial charge in [0.05, 0.1) is 6.61 Å². The Kier molecular flexibility index (Phi) is 7.98. The summed E-state index contributed by atoms with van der Waals surface area (Å²) >= 11 is 0. The molecule has 0 saturated carbocycles. The standard InChI is InChI=1S/C19H25N3O2.ClH/c1-2-23-17-5-7-18(8-6-17)24-13-12-22-11-10-21-15-19(22)16-4-3-9-20-14-16;/h3-9,14,19,21H,2,10-13,15H2,1H3;1H. The minimum atomic E-state index is 0. The van der Waals surface area contributed by atoms with Gasteiger partial charge in [0.2, 0.25) is 0 Å². The molecule has 1 unspecified atom stereocenters. The number of pyridine rings is 1. The van der Waals surface area contributed by atoms with Crippen molar-refractivity contribution in [3.05, 3.63) is 54.4 Å². The predicted octanol–water partition coefficient (Wildman–Crippen LogP) is 2.93. The van der Waals surface area contributed by atoms with Gasteiger partial charge in [-0.2, -0.15) is 0 Å². The van der Waals surface area contributed by atoms with Crippen LogP contribution in [0.2, 0.25) is 0 Å². The molecule has 3 rings (SSSR count). The van der Waals surface area contributed by atoms with Crippen LogP contribution >= 0.6 is 12.4 Å². The van der Waals surface area contributed by atoms with Crippen LogP contribution in [-0.2, 0) is 0 Å². The maximum atomic E-state index is 5.89. The van der Waals surface area contributed by atoms with Crippen LogP contribution in [-0.4, -0.2) is 49.3 Å². The second kappa shape index (κ2) is 10.2. The van der Waals surface area contributed by atoms with Gasteiger partial charge in [-0.05, 0) is 42.8 Å². The van der Waals surface area contributed by atoms with E-state index in [9.17, 15) is 0 Å². The van der Waals surface area contributed by atoms with Gasteiger partial charge in [0.25, 0.3) is 0 Å². The number of ether oxygens (including phenoxy) is 2. The Hall–Kier alpha value is -1.82. The monoisotopic (exact) mass is 363 g/mol. The average Bonchev–Trinajstić information content (AvgIpc) is 2.65. The zero-order valence-corrected chi connectivity index (χ0v) is 15.4. The predicted molar refractivity (Wildman–Crippen MR) is 102 cm³/mol. The van der Waals surface area contributed by atoms with Crippen molar-refractivity contribution in [3.63, 3.8) is 0 Å². The third-order valence-corrected chi connectivity index (χ3v) is 4.21. The summed E-state index contributed by atoms with van der Waals surface area (Å²) in [6.45, 7) is 7.22. The Balaban J connectivity index is 0.00000225. The lowest BCUT2D eigenvalue weighted by atomic mass is 10.1. The molecule has 2 heterocycles. The van der Waals surface area contributed by atoms with Gasteiger partial charge in [0.1, 0.15) is 18.1 Å². The summed E-state index contributed by atoms with van der Waals surface area (Å²) in [5.41, 5.74) is 1.26. The first-order valence-electron chi connectivity index (χ1n) is 8.57. The molecule has 1 saturated heterocycles. The molecule has 1 fully saturated rings. The highest BCUT2D eigenvalue weighted by Gasteiger charge is 2.23. The maximum absolute atomic E-state index is 5.89. The molecule has 0 bridgehead atoms. The van der Waals surface area contributed by atoms with E-state index in [0.29, 0.717) is 19.3 Å². The summed E-state index contributed by atoms with van der Waals surface area (Å²) in [7, 11) is 0. The van der Waals surface area contributed by atoms with Gasteiger partial charge in [0.15, 0.2) is 0 Å². The van der Waals surface area contributed by atoms with E-state index >= 15 is 0 Å². The van der Waals surface area contributed by atoms with Crippen molar-refractivity contribution in [2.75, 3.05) is 39.4 Å². The molecule has 5 nitrogen and oxygen atoms in total. The molecule has 2 aromatic rings. The molecule has 0 aliphatic carbocycles. The van der Waals surface area contributed by atoms with Crippen LogP contribution in [0.15, 0.2) is 48.8 Å². The van der Waals surface area contributed by atoms with Crippen molar-refractivity contribution in [2.45, 2.75) is 13.0 Å². The van der Waals surface area contributed by atoms with Gasteiger partial charge in [0, 0.05) is 44.6 Å². The zero-order chi connectivity index (χ0) is 16.6. The summed E-state index contributed by atoms with van der Waals surface area (Å²) in [6.07, 6.45) is 3.77. The number of halogens is 1. The summed E-state index contributed by atoms with van der Waals surface area (Å²) in [5.74, 6) is 1.76. The number of nitrogens with zero attached hydrogens (tertiary/aromatic N) is 2. The van der Waals surface area contributed by atoms with E-state index in [4.69, 9.17) is 9.47 Å². The van der Waals surface area contributed by atoms with Crippen molar-refractivity contribution in [1.29, 1.82) is 0 Å². The molecule has 136 valence electrons. The van der Waals surface area contributed by atoms with Crippen molar-refractivity contribution in [2.24, 2.45) is 0 Å². The first-order valence-corrected chi connectivity index (χ1v) is 8.57. The van der Waals surface area contributed by atoms with E-state index in [1.165, 1.54) is 5.56 Å². The number of hydrogen-bond acceptors (Lipinski definition) is 5. The molecule has 1 N–H and O–H groups in total. The normalized spacial score (nSPS) is 17.6. The fourth-order valence-electron chi connectivity index (χ4n) is 3.00. The van der Waals surface area contributed by atoms with Crippen LogP contribution in [0.1, 0.15) is 18.5 Å². The second-order valence-electron chi connectivity index (χ2n) is 5.80. The lowest BCUT2D eigenvalue weighted by Gasteiger charge is -2.36. The fraction of sp³-hybridized carbons (Fsp3) is 0.421. The van der Waals surface area contributed by atoms with Crippen LogP contribution in [0, 0.1) is 0 Å². The Labute approximate surface area is 155 Å². The topological polar surface area (TPSA) is 46.6 Å². The molecule has 1 aromatic heterocycles. The lowest BCUT2D eigenvalue weighted by molar-refractivity contribution is 0.134. The Morgan fingerprint density at radius 3 is 2.60 bits per heavy atom. The minimum Gasteiger partial charge on any atom is -0.494 e. The third-order valence-electron chi connectivity index (χ3n) is 4.21. The number of benzene rings is 1. The molecule has 6 heteroatoms. The Bertz CT molecular complexity index is 610. The van der Waals surface area contributed by atoms with E-state index in [-0.39, 0.29) is 12.4 Å². The third kappa shape index (κ3) is 5.59. The van der Waals surface area contributed by atoms with Crippen LogP contribution in [0.5, 0.6) is 11.5 Å². The van der Waals surface area contributed by atoms with Gasteiger partial charge in [-0.25, -0.2) is 0 Å². The molecular weight excluding hydrogens is 338 g/mol. The lowest BCUT2D eigenvalue weighted by Crippen LogP contribution is -2.47. The highest BCUT2D eigenvalue weighted by atomic mass is 35.5. The van der Waals surface area contributed by atoms with Gasteiger partial charge < -0.3 is 14.8 Å². The number of aromatic nitrogens is 1. The molecule has 1 atom stereocenters. The minimum absolute atomic E-state index is 0. The van der Waals surface area contributed by atoms with Crippen LogP contribution in [0.4, 0.5) is 0 Å². The molecule has 0 spiro atoms. The van der Waals surface area contributed by atoms with Gasteiger partial charge in [-0.3, -0.25) is 9.88 Å². The number of piperazine rings is 1.